The van der Waals surface area contributed by atoms with Gasteiger partial charge >= 0.3 is 0 Å². The van der Waals surface area contributed by atoms with Crippen molar-refractivity contribution in [2.45, 2.75) is 65.2 Å². The number of allylic oxidation sites excluding steroid dienone is 22. The Morgan fingerprint density at radius 3 is 2.53 bits per heavy atom. The highest BCUT2D eigenvalue weighted by atomic mass is 32.2. The van der Waals surface area contributed by atoms with Crippen LogP contribution in [0, 0.1) is 5.92 Å². The van der Waals surface area contributed by atoms with Crippen molar-refractivity contribution in [2.24, 2.45) is 5.92 Å². The van der Waals surface area contributed by atoms with Crippen LogP contribution in [0.15, 0.2) is 252 Å². The first-order valence-electron chi connectivity index (χ1n) is 24.7. The zero-order valence-electron chi connectivity index (χ0n) is 40.9. The molecule has 3 nitrogen and oxygen atoms in total. The molecule has 0 amide bonds. The molecule has 2 heterocycles. The molecule has 0 spiro atoms. The standard InChI is InChI=1S/C65H63N3S2/c1-6-8-38-63(69-5)48(4)53-30-20-31-54(43-53)49(23-7-2)27-19-24-47(3)67-61-37-22-29-50(39-40-55(61)44-56-45-64-60(46-62(56)67)66-65(70-64)52-25-13-11-14-26-52)51-28-21-36-59(42-41-51)68(58-34-17-12-18-35-58)57-32-15-9-10-16-33-57/h6-9,11-18,20,22-23,25-36,38,41-43,45-46,50H,1,3,10,19,21,24,37,39-40,44H2,2,4-5H3/b23-7-,29-22-,38-8-,49-27?,63-48-. The second-order valence-electron chi connectivity index (χ2n) is 18.0. The van der Waals surface area contributed by atoms with Crippen molar-refractivity contribution in [3.8, 4) is 10.6 Å². The van der Waals surface area contributed by atoms with Crippen molar-refractivity contribution in [1.29, 1.82) is 0 Å². The fourth-order valence-corrected chi connectivity index (χ4v) is 11.6. The minimum atomic E-state index is 0.322. The number of thioether (sulfide) groups is 1. The molecule has 350 valence electrons. The minimum absolute atomic E-state index is 0.322. The molecule has 0 fully saturated rings. The van der Waals surface area contributed by atoms with Gasteiger partial charge in [0.1, 0.15) is 5.01 Å². The van der Waals surface area contributed by atoms with Crippen LogP contribution in [0.3, 0.4) is 0 Å². The third-order valence-electron chi connectivity index (χ3n) is 13.5. The Kier molecular flexibility index (Phi) is 15.9. The smallest absolute Gasteiger partial charge is 0.124 e. The van der Waals surface area contributed by atoms with E-state index in [0.717, 1.165) is 78.8 Å². The van der Waals surface area contributed by atoms with Crippen molar-refractivity contribution in [1.82, 2.24) is 4.98 Å². The van der Waals surface area contributed by atoms with E-state index in [2.05, 4.69) is 225 Å². The Morgan fingerprint density at radius 1 is 0.886 bits per heavy atom. The predicted molar refractivity (Wildman–Crippen MR) is 308 cm³/mol. The van der Waals surface area contributed by atoms with Gasteiger partial charge in [-0.3, -0.25) is 0 Å². The lowest BCUT2D eigenvalue weighted by Gasteiger charge is -2.38. The Hall–Kier alpha value is -6.92. The quantitative estimate of drug-likeness (QED) is 0.0769. The summed E-state index contributed by atoms with van der Waals surface area (Å²) in [7, 11) is 0. The lowest BCUT2D eigenvalue weighted by atomic mass is 9.84. The molecule has 5 heteroatoms. The number of hydrogen-bond donors (Lipinski definition) is 0. The number of para-hydroxylation sites is 1. The number of hydrogen-bond acceptors (Lipinski definition) is 5. The summed E-state index contributed by atoms with van der Waals surface area (Å²) in [4.78, 5) is 11.4. The van der Waals surface area contributed by atoms with Crippen molar-refractivity contribution >= 4 is 55.8 Å². The lowest BCUT2D eigenvalue weighted by molar-refractivity contribution is 0.650. The normalized spacial score (nSPS) is 18.0. The van der Waals surface area contributed by atoms with Crippen LogP contribution >= 0.6 is 23.1 Å². The van der Waals surface area contributed by atoms with Crippen molar-refractivity contribution in [2.75, 3.05) is 16.1 Å². The first-order valence-corrected chi connectivity index (χ1v) is 26.7. The fraction of sp³-hybridized carbons (Fsp3) is 0.185. The Labute approximate surface area is 425 Å². The molecule has 0 N–H and O–H groups in total. The van der Waals surface area contributed by atoms with Gasteiger partial charge in [-0.15, -0.1) is 23.1 Å². The number of fused-ring (bicyclic) bond motifs is 2. The van der Waals surface area contributed by atoms with E-state index >= 15 is 0 Å². The highest BCUT2D eigenvalue weighted by Gasteiger charge is 2.29. The van der Waals surface area contributed by atoms with Crippen LogP contribution in [-0.4, -0.2) is 11.2 Å². The zero-order valence-corrected chi connectivity index (χ0v) is 42.5. The van der Waals surface area contributed by atoms with Gasteiger partial charge in [0.2, 0.25) is 0 Å². The molecule has 9 rings (SSSR count). The third kappa shape index (κ3) is 11.1. The average Bonchev–Trinajstić information content (AvgIpc) is 3.50. The molecule has 1 atom stereocenters. The Morgan fingerprint density at radius 2 is 1.71 bits per heavy atom. The maximum atomic E-state index is 5.22. The number of aromatic nitrogens is 1. The number of nitrogens with zero attached hydrogens (tertiary/aromatic N) is 3. The molecule has 70 heavy (non-hydrogen) atoms. The molecular formula is C65H63N3S2. The molecule has 1 aliphatic heterocycles. The van der Waals surface area contributed by atoms with Crippen LogP contribution in [-0.2, 0) is 6.42 Å². The molecule has 3 aliphatic carbocycles. The van der Waals surface area contributed by atoms with Gasteiger partial charge in [0.05, 0.1) is 15.9 Å². The summed E-state index contributed by atoms with van der Waals surface area (Å²) in [5, 5.41) is 1.06. The molecular weight excluding hydrogens is 887 g/mol. The summed E-state index contributed by atoms with van der Waals surface area (Å²) in [6.45, 7) is 13.1. The van der Waals surface area contributed by atoms with E-state index in [-0.39, 0.29) is 0 Å². The minimum Gasteiger partial charge on any atom is -0.318 e. The highest BCUT2D eigenvalue weighted by molar-refractivity contribution is 8.02. The van der Waals surface area contributed by atoms with E-state index in [1.807, 2.05) is 12.2 Å². The van der Waals surface area contributed by atoms with Gasteiger partial charge in [-0.1, -0.05) is 159 Å². The highest BCUT2D eigenvalue weighted by Crippen LogP contribution is 2.45. The second-order valence-corrected chi connectivity index (χ2v) is 19.9. The van der Waals surface area contributed by atoms with Crippen molar-refractivity contribution < 1.29 is 0 Å². The number of thiazole rings is 1. The van der Waals surface area contributed by atoms with Crippen LogP contribution < -0.4 is 9.80 Å². The topological polar surface area (TPSA) is 19.4 Å². The van der Waals surface area contributed by atoms with Crippen molar-refractivity contribution in [3.63, 3.8) is 0 Å². The van der Waals surface area contributed by atoms with Crippen molar-refractivity contribution in [3.05, 3.63) is 269 Å². The van der Waals surface area contributed by atoms with Crippen LogP contribution in [0.2, 0.25) is 0 Å². The average molecular weight is 950 g/mol. The van der Waals surface area contributed by atoms with Gasteiger partial charge in [0.25, 0.3) is 0 Å². The number of anilines is 2. The van der Waals surface area contributed by atoms with Gasteiger partial charge in [-0.25, -0.2) is 4.98 Å². The summed E-state index contributed by atoms with van der Waals surface area (Å²) in [5.41, 5.74) is 18.6. The maximum Gasteiger partial charge on any atom is 0.124 e. The van der Waals surface area contributed by atoms with Crippen LogP contribution in [0.5, 0.6) is 0 Å². The SMILES string of the molecule is C=C/C=C\C(SC)=C(/C)c1cccc(C(=CCCC(=C)N2C3=C(CCC(C4=CCC=C(N(C5=CC=CCC=C5)c5ccccc5)C=C4)/C=C\C3)Cc3cc4sc(-c5ccccc5)nc4cc32)/C=C\C)c1. The van der Waals surface area contributed by atoms with Crippen LogP contribution in [0.4, 0.5) is 11.4 Å². The largest absolute Gasteiger partial charge is 0.318 e. The molecule has 4 aliphatic rings. The lowest BCUT2D eigenvalue weighted by Crippen LogP contribution is -2.28. The van der Waals surface area contributed by atoms with E-state index in [0.29, 0.717) is 5.92 Å². The van der Waals surface area contributed by atoms with Gasteiger partial charge in [-0.05, 0) is 159 Å². The molecule has 1 unspecified atom stereocenters. The second kappa shape index (κ2) is 23.1. The summed E-state index contributed by atoms with van der Waals surface area (Å²) in [5.74, 6) is 0.322. The van der Waals surface area contributed by atoms with E-state index in [9.17, 15) is 0 Å². The van der Waals surface area contributed by atoms with Gasteiger partial charge in [0.15, 0.2) is 0 Å². The van der Waals surface area contributed by atoms with Gasteiger partial charge < -0.3 is 9.80 Å². The molecule has 0 bridgehead atoms. The molecule has 0 saturated heterocycles. The summed E-state index contributed by atoms with van der Waals surface area (Å²) in [6.07, 6.45) is 47.8. The van der Waals surface area contributed by atoms with E-state index < -0.39 is 0 Å². The summed E-state index contributed by atoms with van der Waals surface area (Å²) >= 11 is 3.55. The maximum absolute atomic E-state index is 5.22. The summed E-state index contributed by atoms with van der Waals surface area (Å²) in [6, 6.07) is 35.0. The molecule has 5 aromatic rings. The fourth-order valence-electron chi connectivity index (χ4n) is 9.93. The van der Waals surface area contributed by atoms with Gasteiger partial charge in [0, 0.05) is 51.3 Å². The molecule has 4 aromatic carbocycles. The first kappa shape index (κ1) is 48.1. The monoisotopic (exact) mass is 949 g/mol. The van der Waals surface area contributed by atoms with Gasteiger partial charge in [-0.2, -0.15) is 0 Å². The number of rotatable bonds is 15. The van der Waals surface area contributed by atoms with E-state index in [4.69, 9.17) is 11.6 Å². The Bertz CT molecular complexity index is 3130. The molecule has 1 aromatic heterocycles. The first-order chi connectivity index (χ1) is 34.4. The molecule has 0 radical (unpaired) electrons. The zero-order chi connectivity index (χ0) is 48.2. The Balaban J connectivity index is 0.993. The summed E-state index contributed by atoms with van der Waals surface area (Å²) < 4.78 is 1.23. The van der Waals surface area contributed by atoms with Crippen LogP contribution in [0.25, 0.3) is 31.9 Å². The van der Waals surface area contributed by atoms with E-state index in [1.165, 1.54) is 71.4 Å². The van der Waals surface area contributed by atoms with E-state index in [1.54, 1.807) is 23.1 Å². The number of benzene rings is 4. The predicted octanol–water partition coefficient (Wildman–Crippen LogP) is 18.4. The third-order valence-corrected chi connectivity index (χ3v) is 15.4. The molecule has 0 saturated carbocycles. The van der Waals surface area contributed by atoms with Crippen LogP contribution in [0.1, 0.15) is 75.5 Å².